The fraction of sp³-hybridized carbons (Fsp3) is 0.208. The Balaban J connectivity index is 0.00000245. The third kappa shape index (κ3) is 4.21. The summed E-state index contributed by atoms with van der Waals surface area (Å²) in [5.74, 6) is -0.190. The molecule has 1 N–H and O–H groups in total. The van der Waals surface area contributed by atoms with Crippen LogP contribution in [0.3, 0.4) is 0 Å². The zero-order chi connectivity index (χ0) is 21.5. The van der Waals surface area contributed by atoms with E-state index in [9.17, 15) is 9.59 Å². The number of para-hydroxylation sites is 1. The molecule has 2 aromatic heterocycles. The molecule has 5 nitrogen and oxygen atoms in total. The first-order chi connectivity index (χ1) is 15.0. The van der Waals surface area contributed by atoms with Crippen LogP contribution >= 0.6 is 35.1 Å². The Kier molecular flexibility index (Phi) is 6.44. The topological polar surface area (TPSA) is 62.3 Å². The second kappa shape index (κ2) is 9.11. The second-order valence-corrected chi connectivity index (χ2v) is 9.91. The van der Waals surface area contributed by atoms with Crippen molar-refractivity contribution >= 4 is 62.0 Å². The maximum absolute atomic E-state index is 13.0. The highest BCUT2D eigenvalue weighted by Crippen LogP contribution is 2.45. The molecule has 32 heavy (non-hydrogen) atoms. The SMILES string of the molecule is CC(=O)c1ccc(C(=O)Nc2sc3c(c2-c2nc4ccccc4s2)CCN(C)C3)cc1.Cl. The number of nitrogens with zero attached hydrogens (tertiary/aromatic N) is 2. The second-order valence-electron chi connectivity index (χ2n) is 7.77. The van der Waals surface area contributed by atoms with Crippen molar-refractivity contribution in [2.24, 2.45) is 0 Å². The number of fused-ring (bicyclic) bond motifs is 2. The number of Topliss-reactive ketones (excluding diaryl/α,β-unsaturated/α-hetero) is 1. The fourth-order valence-corrected chi connectivity index (χ4v) is 6.29. The van der Waals surface area contributed by atoms with Crippen molar-refractivity contribution in [2.75, 3.05) is 18.9 Å². The van der Waals surface area contributed by atoms with Gasteiger partial charge in [0.1, 0.15) is 10.0 Å². The Morgan fingerprint density at radius 1 is 1.03 bits per heavy atom. The number of carbonyl (C=O) groups is 2. The van der Waals surface area contributed by atoms with Crippen LogP contribution < -0.4 is 5.32 Å². The molecule has 0 fully saturated rings. The normalized spacial score (nSPS) is 13.4. The summed E-state index contributed by atoms with van der Waals surface area (Å²) >= 11 is 3.30. The molecule has 1 aliphatic rings. The van der Waals surface area contributed by atoms with Gasteiger partial charge in [-0.25, -0.2) is 4.98 Å². The molecule has 0 aliphatic carbocycles. The van der Waals surface area contributed by atoms with Crippen LogP contribution in [0.4, 0.5) is 5.00 Å². The highest BCUT2D eigenvalue weighted by molar-refractivity contribution is 7.23. The van der Waals surface area contributed by atoms with E-state index in [1.54, 1.807) is 46.9 Å². The van der Waals surface area contributed by atoms with Gasteiger partial charge >= 0.3 is 0 Å². The first-order valence-corrected chi connectivity index (χ1v) is 11.7. The number of hydrogen-bond acceptors (Lipinski definition) is 6. The van der Waals surface area contributed by atoms with Crippen LogP contribution in [0.15, 0.2) is 48.5 Å². The summed E-state index contributed by atoms with van der Waals surface area (Å²) in [4.78, 5) is 33.0. The largest absolute Gasteiger partial charge is 0.313 e. The Bertz CT molecular complexity index is 1280. The predicted molar refractivity (Wildman–Crippen MR) is 135 cm³/mol. The minimum absolute atomic E-state index is 0. The Labute approximate surface area is 200 Å². The van der Waals surface area contributed by atoms with E-state index in [0.29, 0.717) is 11.1 Å². The smallest absolute Gasteiger partial charge is 0.256 e. The van der Waals surface area contributed by atoms with Gasteiger partial charge < -0.3 is 10.2 Å². The number of hydrogen-bond donors (Lipinski definition) is 1. The van der Waals surface area contributed by atoms with Crippen LogP contribution in [0.2, 0.25) is 0 Å². The van der Waals surface area contributed by atoms with Crippen molar-refractivity contribution in [2.45, 2.75) is 19.9 Å². The quantitative estimate of drug-likeness (QED) is 0.367. The lowest BCUT2D eigenvalue weighted by Gasteiger charge is -2.22. The van der Waals surface area contributed by atoms with Crippen molar-refractivity contribution in [1.82, 2.24) is 9.88 Å². The maximum Gasteiger partial charge on any atom is 0.256 e. The highest BCUT2D eigenvalue weighted by Gasteiger charge is 2.27. The first-order valence-electron chi connectivity index (χ1n) is 10.1. The standard InChI is InChI=1S/C24H21N3O2S2.ClH/c1-14(28)15-7-9-16(10-8-15)22(29)26-24-21(17-11-12-27(2)13-20(17)31-24)23-25-18-5-3-4-6-19(18)30-23;/h3-10H,11-13H2,1-2H3,(H,26,29);1H. The summed E-state index contributed by atoms with van der Waals surface area (Å²) in [6, 6.07) is 14.9. The number of halogens is 1. The van der Waals surface area contributed by atoms with Gasteiger partial charge in [-0.05, 0) is 50.2 Å². The van der Waals surface area contributed by atoms with Crippen molar-refractivity contribution in [1.29, 1.82) is 0 Å². The zero-order valence-corrected chi connectivity index (χ0v) is 20.1. The molecule has 8 heteroatoms. The Morgan fingerprint density at radius 2 is 1.75 bits per heavy atom. The summed E-state index contributed by atoms with van der Waals surface area (Å²) in [5, 5.41) is 4.93. The van der Waals surface area contributed by atoms with Gasteiger partial charge in [0, 0.05) is 34.7 Å². The van der Waals surface area contributed by atoms with Gasteiger partial charge in [0.25, 0.3) is 5.91 Å². The summed E-state index contributed by atoms with van der Waals surface area (Å²) < 4.78 is 1.14. The van der Waals surface area contributed by atoms with E-state index < -0.39 is 0 Å². The Hall–Kier alpha value is -2.58. The van der Waals surface area contributed by atoms with E-state index >= 15 is 0 Å². The molecule has 0 radical (unpaired) electrons. The highest BCUT2D eigenvalue weighted by atomic mass is 35.5. The molecule has 0 saturated carbocycles. The zero-order valence-electron chi connectivity index (χ0n) is 17.7. The summed E-state index contributed by atoms with van der Waals surface area (Å²) in [6.45, 7) is 3.38. The van der Waals surface area contributed by atoms with Crippen molar-refractivity contribution in [3.05, 3.63) is 70.1 Å². The average Bonchev–Trinajstić information content (AvgIpc) is 3.33. The van der Waals surface area contributed by atoms with Gasteiger partial charge in [-0.2, -0.15) is 0 Å². The number of carbonyl (C=O) groups excluding carboxylic acids is 2. The van der Waals surface area contributed by atoms with Crippen molar-refractivity contribution < 1.29 is 9.59 Å². The van der Waals surface area contributed by atoms with Gasteiger partial charge in [-0.3, -0.25) is 9.59 Å². The molecule has 3 heterocycles. The molecule has 4 aromatic rings. The minimum Gasteiger partial charge on any atom is -0.313 e. The number of thiophene rings is 1. The van der Waals surface area contributed by atoms with Gasteiger partial charge in [0.2, 0.25) is 0 Å². The summed E-state index contributed by atoms with van der Waals surface area (Å²) in [6.07, 6.45) is 0.941. The van der Waals surface area contributed by atoms with Crippen LogP contribution in [-0.2, 0) is 13.0 Å². The molecule has 164 valence electrons. The monoisotopic (exact) mass is 483 g/mol. The minimum atomic E-state index is -0.176. The van der Waals surface area contributed by atoms with E-state index in [1.165, 1.54) is 17.4 Å². The number of benzene rings is 2. The molecule has 2 aromatic carbocycles. The van der Waals surface area contributed by atoms with Gasteiger partial charge in [-0.15, -0.1) is 35.1 Å². The van der Waals surface area contributed by atoms with Crippen LogP contribution in [0.5, 0.6) is 0 Å². The van der Waals surface area contributed by atoms with Gasteiger partial charge in [0.05, 0.1) is 10.2 Å². The number of anilines is 1. The molecule has 0 unspecified atom stereocenters. The summed E-state index contributed by atoms with van der Waals surface area (Å²) in [5.41, 5.74) is 4.46. The summed E-state index contributed by atoms with van der Waals surface area (Å²) in [7, 11) is 2.12. The predicted octanol–water partition coefficient (Wildman–Crippen LogP) is 5.89. The van der Waals surface area contributed by atoms with E-state index in [0.717, 1.165) is 45.3 Å². The van der Waals surface area contributed by atoms with Crippen LogP contribution in [0, 0.1) is 0 Å². The van der Waals surface area contributed by atoms with Crippen LogP contribution in [0.25, 0.3) is 20.8 Å². The number of rotatable bonds is 4. The van der Waals surface area contributed by atoms with E-state index in [-0.39, 0.29) is 24.1 Å². The molecular formula is C24H22ClN3O2S2. The molecule has 0 atom stereocenters. The van der Waals surface area contributed by atoms with E-state index in [2.05, 4.69) is 23.3 Å². The molecule has 1 amide bonds. The van der Waals surface area contributed by atoms with Crippen LogP contribution in [0.1, 0.15) is 38.1 Å². The van der Waals surface area contributed by atoms with Crippen LogP contribution in [-0.4, -0.2) is 35.2 Å². The molecule has 0 saturated heterocycles. The van der Waals surface area contributed by atoms with Gasteiger partial charge in [0.15, 0.2) is 5.78 Å². The van der Waals surface area contributed by atoms with Crippen molar-refractivity contribution in [3.63, 3.8) is 0 Å². The fourth-order valence-electron chi connectivity index (χ4n) is 3.86. The van der Waals surface area contributed by atoms with Gasteiger partial charge in [-0.1, -0.05) is 24.3 Å². The van der Waals surface area contributed by atoms with E-state index in [1.807, 2.05) is 18.2 Å². The molecule has 0 spiro atoms. The molecule has 0 bridgehead atoms. The lowest BCUT2D eigenvalue weighted by molar-refractivity contribution is 0.101. The molecule has 1 aliphatic heterocycles. The lowest BCUT2D eigenvalue weighted by atomic mass is 10.0. The number of ketones is 1. The van der Waals surface area contributed by atoms with E-state index in [4.69, 9.17) is 4.98 Å². The average molecular weight is 484 g/mol. The van der Waals surface area contributed by atoms with Crippen molar-refractivity contribution in [3.8, 4) is 10.6 Å². The third-order valence-electron chi connectivity index (χ3n) is 5.54. The number of aromatic nitrogens is 1. The Morgan fingerprint density at radius 3 is 2.47 bits per heavy atom. The number of amides is 1. The lowest BCUT2D eigenvalue weighted by Crippen LogP contribution is -2.25. The number of thiazole rings is 1. The third-order valence-corrected chi connectivity index (χ3v) is 7.72. The molecular weight excluding hydrogens is 462 g/mol. The first kappa shape index (κ1) is 22.6. The number of likely N-dealkylation sites (N-methyl/N-ethyl adjacent to an activating group) is 1. The maximum atomic E-state index is 13.0. The molecule has 5 rings (SSSR count). The number of nitrogens with one attached hydrogen (secondary N) is 1.